The molecule has 1 aromatic rings. The van der Waals surface area contributed by atoms with Crippen LogP contribution in [0.25, 0.3) is 0 Å². The Morgan fingerprint density at radius 1 is 1.12 bits per heavy atom. The molecule has 5 heteroatoms. The van der Waals surface area contributed by atoms with Crippen molar-refractivity contribution in [1.29, 1.82) is 0 Å². The van der Waals surface area contributed by atoms with Crippen LogP contribution in [0.2, 0.25) is 0 Å². The summed E-state index contributed by atoms with van der Waals surface area (Å²) in [5, 5.41) is 9.21. The molecule has 3 rings (SSSR count). The molecule has 1 N–H and O–H groups in total. The second-order valence-electron chi connectivity index (χ2n) is 7.63. The van der Waals surface area contributed by atoms with Crippen LogP contribution in [0, 0.1) is 17.8 Å². The summed E-state index contributed by atoms with van der Waals surface area (Å²) in [6.07, 6.45) is 3.19. The fourth-order valence-corrected chi connectivity index (χ4v) is 4.14. The van der Waals surface area contributed by atoms with E-state index in [4.69, 9.17) is 0 Å². The number of carbonyl (C=O) groups excluding carboxylic acids is 1. The van der Waals surface area contributed by atoms with Crippen molar-refractivity contribution in [3.8, 4) is 0 Å². The van der Waals surface area contributed by atoms with Crippen LogP contribution < -0.4 is 0 Å². The van der Waals surface area contributed by atoms with Gasteiger partial charge in [0.2, 0.25) is 5.91 Å². The fraction of sp³-hybridized carbons (Fsp3) is 0.600. The van der Waals surface area contributed by atoms with E-state index in [-0.39, 0.29) is 17.7 Å². The van der Waals surface area contributed by atoms with Gasteiger partial charge in [0.05, 0.1) is 12.5 Å². The maximum absolute atomic E-state index is 12.5. The second-order valence-corrected chi connectivity index (χ2v) is 7.63. The van der Waals surface area contributed by atoms with Crippen molar-refractivity contribution >= 4 is 11.9 Å². The van der Waals surface area contributed by atoms with Gasteiger partial charge in [-0.1, -0.05) is 37.3 Å². The predicted molar refractivity (Wildman–Crippen MR) is 96.2 cm³/mol. The minimum Gasteiger partial charge on any atom is -0.481 e. The second kappa shape index (κ2) is 8.00. The Balaban J connectivity index is 1.43. The molecule has 2 fully saturated rings. The number of benzene rings is 1. The van der Waals surface area contributed by atoms with Crippen LogP contribution in [0.15, 0.2) is 30.3 Å². The molecule has 5 nitrogen and oxygen atoms in total. The van der Waals surface area contributed by atoms with Gasteiger partial charge in [-0.3, -0.25) is 14.5 Å². The number of likely N-dealkylation sites (tertiary alicyclic amines) is 2. The number of rotatable bonds is 5. The van der Waals surface area contributed by atoms with Crippen LogP contribution in [-0.4, -0.2) is 59.5 Å². The lowest BCUT2D eigenvalue weighted by Crippen LogP contribution is -2.44. The van der Waals surface area contributed by atoms with Crippen LogP contribution in [0.3, 0.4) is 0 Å². The molecule has 25 heavy (non-hydrogen) atoms. The monoisotopic (exact) mass is 344 g/mol. The van der Waals surface area contributed by atoms with E-state index < -0.39 is 5.97 Å². The molecule has 1 amide bonds. The summed E-state index contributed by atoms with van der Waals surface area (Å²) in [4.78, 5) is 27.7. The summed E-state index contributed by atoms with van der Waals surface area (Å²) in [6, 6.07) is 10.5. The average molecular weight is 344 g/mol. The normalized spacial score (nSPS) is 25.2. The maximum Gasteiger partial charge on any atom is 0.308 e. The molecule has 2 saturated heterocycles. The lowest BCUT2D eigenvalue weighted by molar-refractivity contribution is -0.142. The van der Waals surface area contributed by atoms with Crippen molar-refractivity contribution in [3.05, 3.63) is 35.9 Å². The zero-order valence-electron chi connectivity index (χ0n) is 14.9. The van der Waals surface area contributed by atoms with E-state index in [0.717, 1.165) is 32.4 Å². The molecular weight excluding hydrogens is 316 g/mol. The van der Waals surface area contributed by atoms with Gasteiger partial charge in [-0.25, -0.2) is 0 Å². The number of carboxylic acid groups (broad SMARTS) is 1. The molecule has 0 saturated carbocycles. The van der Waals surface area contributed by atoms with Crippen molar-refractivity contribution < 1.29 is 14.7 Å². The van der Waals surface area contributed by atoms with Crippen LogP contribution in [-0.2, 0) is 16.0 Å². The largest absolute Gasteiger partial charge is 0.481 e. The molecule has 0 radical (unpaired) electrons. The van der Waals surface area contributed by atoms with Crippen LogP contribution in [0.4, 0.5) is 0 Å². The van der Waals surface area contributed by atoms with E-state index >= 15 is 0 Å². The van der Waals surface area contributed by atoms with Gasteiger partial charge in [-0.05, 0) is 36.7 Å². The first-order valence-electron chi connectivity index (χ1n) is 9.29. The van der Waals surface area contributed by atoms with Crippen LogP contribution in [0.1, 0.15) is 25.3 Å². The highest BCUT2D eigenvalue weighted by Crippen LogP contribution is 2.24. The van der Waals surface area contributed by atoms with Crippen LogP contribution in [0.5, 0.6) is 0 Å². The SMILES string of the molecule is C[C@@H]1CN(CC(=O)N2CCC(Cc3ccccc3)CC2)C[C@H]1C(=O)O. The molecule has 0 unspecified atom stereocenters. The standard InChI is InChI=1S/C20H28N2O3/c1-15-12-21(13-18(15)20(24)25)14-19(23)22-9-7-17(8-10-22)11-16-5-3-2-4-6-16/h2-6,15,17-18H,7-14H2,1H3,(H,24,25)/t15-,18-/m1/s1. The zero-order valence-corrected chi connectivity index (χ0v) is 14.9. The van der Waals surface area contributed by atoms with Gasteiger partial charge >= 0.3 is 5.97 Å². The lowest BCUT2D eigenvalue weighted by Gasteiger charge is -2.33. The van der Waals surface area contributed by atoms with Gasteiger partial charge < -0.3 is 10.0 Å². The number of carboxylic acids is 1. The first-order chi connectivity index (χ1) is 12.0. The van der Waals surface area contributed by atoms with Gasteiger partial charge in [-0.15, -0.1) is 0 Å². The van der Waals surface area contributed by atoms with Gasteiger partial charge in [0.25, 0.3) is 0 Å². The average Bonchev–Trinajstić information content (AvgIpc) is 2.97. The minimum atomic E-state index is -0.746. The van der Waals surface area contributed by atoms with E-state index in [1.54, 1.807) is 0 Å². The topological polar surface area (TPSA) is 60.9 Å². The Kier molecular flexibility index (Phi) is 5.74. The number of piperidine rings is 1. The third-order valence-electron chi connectivity index (χ3n) is 5.70. The minimum absolute atomic E-state index is 0.113. The lowest BCUT2D eigenvalue weighted by atomic mass is 9.90. The molecule has 2 aliphatic rings. The van der Waals surface area contributed by atoms with Crippen molar-refractivity contribution in [2.75, 3.05) is 32.7 Å². The summed E-state index contributed by atoms with van der Waals surface area (Å²) in [6.45, 7) is 5.15. The molecule has 0 aliphatic carbocycles. The Morgan fingerprint density at radius 2 is 1.80 bits per heavy atom. The highest BCUT2D eigenvalue weighted by Gasteiger charge is 2.36. The number of hydrogen-bond acceptors (Lipinski definition) is 3. The molecule has 136 valence electrons. The van der Waals surface area contributed by atoms with E-state index in [1.165, 1.54) is 5.56 Å². The van der Waals surface area contributed by atoms with E-state index in [2.05, 4.69) is 24.3 Å². The molecule has 2 aliphatic heterocycles. The molecule has 0 bridgehead atoms. The number of aliphatic carboxylic acids is 1. The molecule has 0 spiro atoms. The third kappa shape index (κ3) is 4.60. The smallest absolute Gasteiger partial charge is 0.308 e. The summed E-state index contributed by atoms with van der Waals surface area (Å²) in [5.74, 6) is -0.179. The Labute approximate surface area is 149 Å². The molecule has 1 aromatic carbocycles. The van der Waals surface area contributed by atoms with Crippen LogP contribution >= 0.6 is 0 Å². The van der Waals surface area contributed by atoms with E-state index in [0.29, 0.717) is 25.6 Å². The summed E-state index contributed by atoms with van der Waals surface area (Å²) < 4.78 is 0. The van der Waals surface area contributed by atoms with Gasteiger partial charge in [-0.2, -0.15) is 0 Å². The van der Waals surface area contributed by atoms with Gasteiger partial charge in [0.15, 0.2) is 0 Å². The summed E-state index contributed by atoms with van der Waals surface area (Å²) in [7, 11) is 0. The van der Waals surface area contributed by atoms with E-state index in [1.807, 2.05) is 22.8 Å². The highest BCUT2D eigenvalue weighted by atomic mass is 16.4. The molecular formula is C20H28N2O3. The number of carbonyl (C=O) groups is 2. The number of amides is 1. The molecule has 2 atom stereocenters. The highest BCUT2D eigenvalue weighted by molar-refractivity contribution is 5.78. The van der Waals surface area contributed by atoms with Gasteiger partial charge in [0.1, 0.15) is 0 Å². The van der Waals surface area contributed by atoms with Gasteiger partial charge in [0, 0.05) is 26.2 Å². The van der Waals surface area contributed by atoms with Crippen molar-refractivity contribution in [1.82, 2.24) is 9.80 Å². The molecule has 0 aromatic heterocycles. The Bertz CT molecular complexity index is 596. The van der Waals surface area contributed by atoms with Crippen molar-refractivity contribution in [3.63, 3.8) is 0 Å². The first-order valence-corrected chi connectivity index (χ1v) is 9.29. The third-order valence-corrected chi connectivity index (χ3v) is 5.70. The molecule has 2 heterocycles. The number of nitrogens with zero attached hydrogens (tertiary/aromatic N) is 2. The summed E-state index contributed by atoms with van der Waals surface area (Å²) in [5.41, 5.74) is 1.37. The van der Waals surface area contributed by atoms with E-state index in [9.17, 15) is 14.7 Å². The van der Waals surface area contributed by atoms with Crippen molar-refractivity contribution in [2.24, 2.45) is 17.8 Å². The zero-order chi connectivity index (χ0) is 17.8. The quantitative estimate of drug-likeness (QED) is 0.889. The predicted octanol–water partition coefficient (Wildman–Crippen LogP) is 2.12. The fourth-order valence-electron chi connectivity index (χ4n) is 4.14. The maximum atomic E-state index is 12.5. The summed E-state index contributed by atoms with van der Waals surface area (Å²) >= 11 is 0. The van der Waals surface area contributed by atoms with Crippen molar-refractivity contribution in [2.45, 2.75) is 26.2 Å². The first kappa shape index (κ1) is 17.9. The number of hydrogen-bond donors (Lipinski definition) is 1. The Hall–Kier alpha value is -1.88. The Morgan fingerprint density at radius 3 is 2.40 bits per heavy atom.